The average molecular weight is 263 g/mol. The number of para-hydroxylation sites is 1. The number of rotatable bonds is 5. The fraction of sp³-hybridized carbons (Fsp3) is 0.385. The Bertz CT molecular complexity index is 505. The molecule has 18 heavy (non-hydrogen) atoms. The second-order valence-electron chi connectivity index (χ2n) is 4.25. The highest BCUT2D eigenvalue weighted by molar-refractivity contribution is 7.18. The highest BCUT2D eigenvalue weighted by Gasteiger charge is 2.10. The Morgan fingerprint density at radius 2 is 2.28 bits per heavy atom. The van der Waals surface area contributed by atoms with Gasteiger partial charge in [0.1, 0.15) is 0 Å². The van der Waals surface area contributed by atoms with Crippen molar-refractivity contribution in [2.24, 2.45) is 11.7 Å². The van der Waals surface area contributed by atoms with Gasteiger partial charge >= 0.3 is 0 Å². The van der Waals surface area contributed by atoms with Crippen LogP contribution in [0.2, 0.25) is 0 Å². The van der Waals surface area contributed by atoms with E-state index in [9.17, 15) is 4.79 Å². The molecular weight excluding hydrogens is 246 g/mol. The van der Waals surface area contributed by atoms with E-state index < -0.39 is 0 Å². The zero-order valence-corrected chi connectivity index (χ0v) is 11.2. The van der Waals surface area contributed by atoms with Gasteiger partial charge in [0.2, 0.25) is 5.91 Å². The highest BCUT2D eigenvalue weighted by atomic mass is 32.1. The first-order chi connectivity index (χ1) is 8.70. The van der Waals surface area contributed by atoms with Crippen molar-refractivity contribution >= 4 is 27.5 Å². The molecule has 2 aromatic rings. The Hall–Kier alpha value is -1.46. The molecule has 0 saturated heterocycles. The van der Waals surface area contributed by atoms with E-state index in [-0.39, 0.29) is 11.8 Å². The summed E-state index contributed by atoms with van der Waals surface area (Å²) >= 11 is 1.68. The molecule has 3 N–H and O–H groups in total. The van der Waals surface area contributed by atoms with Gasteiger partial charge in [-0.2, -0.15) is 0 Å². The SMILES string of the molecule is CC(CN)C(=O)NCCc1nc2ccccc2s1. The number of benzene rings is 1. The number of fused-ring (bicyclic) bond motifs is 1. The average Bonchev–Trinajstić information content (AvgIpc) is 2.80. The summed E-state index contributed by atoms with van der Waals surface area (Å²) < 4.78 is 1.19. The maximum absolute atomic E-state index is 11.5. The summed E-state index contributed by atoms with van der Waals surface area (Å²) in [6, 6.07) is 8.06. The van der Waals surface area contributed by atoms with Gasteiger partial charge in [0, 0.05) is 25.4 Å². The monoisotopic (exact) mass is 263 g/mol. The summed E-state index contributed by atoms with van der Waals surface area (Å²) in [4.78, 5) is 16.0. The minimum Gasteiger partial charge on any atom is -0.355 e. The first kappa shape index (κ1) is 13.0. The molecular formula is C13H17N3OS. The van der Waals surface area contributed by atoms with Gasteiger partial charge in [-0.15, -0.1) is 11.3 Å². The van der Waals surface area contributed by atoms with E-state index in [0.29, 0.717) is 13.1 Å². The van der Waals surface area contributed by atoms with Crippen molar-refractivity contribution < 1.29 is 4.79 Å². The van der Waals surface area contributed by atoms with Crippen LogP contribution >= 0.6 is 11.3 Å². The summed E-state index contributed by atoms with van der Waals surface area (Å²) in [5.41, 5.74) is 6.46. The largest absolute Gasteiger partial charge is 0.355 e. The molecule has 0 aliphatic rings. The van der Waals surface area contributed by atoms with Gasteiger partial charge in [0.15, 0.2) is 0 Å². The standard InChI is InChI=1S/C13H17N3OS/c1-9(8-14)13(17)15-7-6-12-16-10-4-2-3-5-11(10)18-12/h2-5,9H,6-8,14H2,1H3,(H,15,17). The first-order valence-corrected chi connectivity index (χ1v) is 6.84. The van der Waals surface area contributed by atoms with Crippen molar-refractivity contribution in [2.75, 3.05) is 13.1 Å². The summed E-state index contributed by atoms with van der Waals surface area (Å²) in [6.45, 7) is 2.82. The van der Waals surface area contributed by atoms with E-state index in [1.54, 1.807) is 11.3 Å². The lowest BCUT2D eigenvalue weighted by Crippen LogP contribution is -2.34. The summed E-state index contributed by atoms with van der Waals surface area (Å²) in [5.74, 6) is -0.112. The molecule has 1 aromatic heterocycles. The lowest BCUT2D eigenvalue weighted by Gasteiger charge is -2.08. The van der Waals surface area contributed by atoms with Crippen molar-refractivity contribution in [3.63, 3.8) is 0 Å². The minimum atomic E-state index is -0.125. The van der Waals surface area contributed by atoms with E-state index in [2.05, 4.69) is 16.4 Å². The molecule has 0 aliphatic carbocycles. The van der Waals surface area contributed by atoms with Crippen LogP contribution in [0.1, 0.15) is 11.9 Å². The number of carbonyl (C=O) groups excluding carboxylic acids is 1. The number of thiazole rings is 1. The second kappa shape index (κ2) is 5.93. The van der Waals surface area contributed by atoms with Crippen LogP contribution in [0.15, 0.2) is 24.3 Å². The van der Waals surface area contributed by atoms with Crippen LogP contribution in [0.3, 0.4) is 0 Å². The first-order valence-electron chi connectivity index (χ1n) is 6.03. The molecule has 0 fully saturated rings. The Morgan fingerprint density at radius 1 is 1.50 bits per heavy atom. The molecule has 2 rings (SSSR count). The van der Waals surface area contributed by atoms with E-state index in [4.69, 9.17) is 5.73 Å². The Kier molecular flexibility index (Phi) is 4.28. The smallest absolute Gasteiger partial charge is 0.224 e. The molecule has 1 atom stereocenters. The normalized spacial score (nSPS) is 12.6. The number of carbonyl (C=O) groups is 1. The molecule has 0 spiro atoms. The van der Waals surface area contributed by atoms with Crippen LogP contribution in [0.4, 0.5) is 0 Å². The lowest BCUT2D eigenvalue weighted by atomic mass is 10.2. The van der Waals surface area contributed by atoms with Crippen LogP contribution in [0.5, 0.6) is 0 Å². The summed E-state index contributed by atoms with van der Waals surface area (Å²) in [5, 5.41) is 3.93. The lowest BCUT2D eigenvalue weighted by molar-refractivity contribution is -0.124. The van der Waals surface area contributed by atoms with Crippen molar-refractivity contribution in [2.45, 2.75) is 13.3 Å². The number of hydrogen-bond acceptors (Lipinski definition) is 4. The predicted molar refractivity (Wildman–Crippen MR) is 74.6 cm³/mol. The number of nitrogens with zero attached hydrogens (tertiary/aromatic N) is 1. The van der Waals surface area contributed by atoms with E-state index >= 15 is 0 Å². The number of aromatic nitrogens is 1. The van der Waals surface area contributed by atoms with Crippen LogP contribution in [-0.4, -0.2) is 24.0 Å². The van der Waals surface area contributed by atoms with Gasteiger partial charge in [0.05, 0.1) is 15.2 Å². The van der Waals surface area contributed by atoms with Gasteiger partial charge in [-0.3, -0.25) is 4.79 Å². The van der Waals surface area contributed by atoms with Crippen molar-refractivity contribution in [1.29, 1.82) is 0 Å². The predicted octanol–water partition coefficient (Wildman–Crippen LogP) is 1.55. The quantitative estimate of drug-likeness (QED) is 0.860. The molecule has 5 heteroatoms. The van der Waals surface area contributed by atoms with Gasteiger partial charge in [-0.25, -0.2) is 4.98 Å². The fourth-order valence-electron chi connectivity index (χ4n) is 1.60. The number of hydrogen-bond donors (Lipinski definition) is 2. The third kappa shape index (κ3) is 3.05. The third-order valence-corrected chi connectivity index (χ3v) is 3.87. The van der Waals surface area contributed by atoms with Crippen LogP contribution in [0.25, 0.3) is 10.2 Å². The molecule has 0 saturated carbocycles. The fourth-order valence-corrected chi connectivity index (χ4v) is 2.57. The summed E-state index contributed by atoms with van der Waals surface area (Å²) in [6.07, 6.45) is 0.766. The molecule has 1 aromatic carbocycles. The molecule has 0 radical (unpaired) electrons. The molecule has 1 unspecified atom stereocenters. The zero-order valence-electron chi connectivity index (χ0n) is 10.3. The number of amides is 1. The maximum Gasteiger partial charge on any atom is 0.224 e. The topological polar surface area (TPSA) is 68.0 Å². The molecule has 4 nitrogen and oxygen atoms in total. The molecule has 1 heterocycles. The van der Waals surface area contributed by atoms with Gasteiger partial charge in [0.25, 0.3) is 0 Å². The Labute approximate surface area is 110 Å². The van der Waals surface area contributed by atoms with Gasteiger partial charge in [-0.05, 0) is 12.1 Å². The van der Waals surface area contributed by atoms with E-state index in [1.165, 1.54) is 4.70 Å². The molecule has 1 amide bonds. The van der Waals surface area contributed by atoms with Crippen LogP contribution in [-0.2, 0) is 11.2 Å². The second-order valence-corrected chi connectivity index (χ2v) is 5.37. The van der Waals surface area contributed by atoms with Crippen LogP contribution in [0, 0.1) is 5.92 Å². The summed E-state index contributed by atoms with van der Waals surface area (Å²) in [7, 11) is 0. The van der Waals surface area contributed by atoms with Crippen molar-refractivity contribution in [3.05, 3.63) is 29.3 Å². The molecule has 96 valence electrons. The van der Waals surface area contributed by atoms with Gasteiger partial charge in [-0.1, -0.05) is 19.1 Å². The zero-order chi connectivity index (χ0) is 13.0. The van der Waals surface area contributed by atoms with Crippen molar-refractivity contribution in [3.8, 4) is 0 Å². The highest BCUT2D eigenvalue weighted by Crippen LogP contribution is 2.21. The number of nitrogens with two attached hydrogens (primary N) is 1. The number of nitrogens with one attached hydrogen (secondary N) is 1. The van der Waals surface area contributed by atoms with E-state index in [0.717, 1.165) is 16.9 Å². The third-order valence-electron chi connectivity index (χ3n) is 2.78. The Morgan fingerprint density at radius 3 is 3.00 bits per heavy atom. The molecule has 0 bridgehead atoms. The maximum atomic E-state index is 11.5. The van der Waals surface area contributed by atoms with Crippen molar-refractivity contribution in [1.82, 2.24) is 10.3 Å². The minimum absolute atomic E-state index is 0.0126. The van der Waals surface area contributed by atoms with Gasteiger partial charge < -0.3 is 11.1 Å². The van der Waals surface area contributed by atoms with E-state index in [1.807, 2.05) is 25.1 Å². The Balaban J connectivity index is 1.89. The van der Waals surface area contributed by atoms with Crippen LogP contribution < -0.4 is 11.1 Å². The molecule has 0 aliphatic heterocycles.